The van der Waals surface area contributed by atoms with Crippen LogP contribution in [0.25, 0.3) is 0 Å². The SMILES string of the molecule is COCCN(C(=O)OC(C)(C)C)c1cc(Br)ccn1. The van der Waals surface area contributed by atoms with Crippen molar-refractivity contribution >= 4 is 27.8 Å². The van der Waals surface area contributed by atoms with E-state index in [0.717, 1.165) is 4.47 Å². The molecule has 1 aromatic rings. The maximum atomic E-state index is 12.2. The summed E-state index contributed by atoms with van der Waals surface area (Å²) in [4.78, 5) is 17.8. The normalized spacial score (nSPS) is 11.2. The molecule has 0 saturated carbocycles. The number of ether oxygens (including phenoxy) is 2. The van der Waals surface area contributed by atoms with Gasteiger partial charge in [0.2, 0.25) is 0 Å². The van der Waals surface area contributed by atoms with Gasteiger partial charge in [-0.1, -0.05) is 15.9 Å². The van der Waals surface area contributed by atoms with E-state index >= 15 is 0 Å². The van der Waals surface area contributed by atoms with Crippen LogP contribution in [0.4, 0.5) is 10.6 Å². The van der Waals surface area contributed by atoms with E-state index in [2.05, 4.69) is 20.9 Å². The third-order valence-corrected chi connectivity index (χ3v) is 2.61. The number of rotatable bonds is 4. The number of carbonyl (C=O) groups is 1. The van der Waals surface area contributed by atoms with Crippen LogP contribution in [0.3, 0.4) is 0 Å². The van der Waals surface area contributed by atoms with Crippen molar-refractivity contribution in [2.75, 3.05) is 25.2 Å². The zero-order chi connectivity index (χ0) is 14.5. The third-order valence-electron chi connectivity index (χ3n) is 2.12. The lowest BCUT2D eigenvalue weighted by molar-refractivity contribution is 0.0568. The first-order valence-corrected chi connectivity index (χ1v) is 6.74. The van der Waals surface area contributed by atoms with Crippen LogP contribution in [-0.4, -0.2) is 36.9 Å². The number of hydrogen-bond acceptors (Lipinski definition) is 4. The van der Waals surface area contributed by atoms with Gasteiger partial charge in [-0.25, -0.2) is 9.78 Å². The molecule has 0 bridgehead atoms. The fourth-order valence-electron chi connectivity index (χ4n) is 1.34. The van der Waals surface area contributed by atoms with Crippen LogP contribution in [0, 0.1) is 0 Å². The molecule has 0 spiro atoms. The number of methoxy groups -OCH3 is 1. The summed E-state index contributed by atoms with van der Waals surface area (Å²) in [6.07, 6.45) is 1.19. The topological polar surface area (TPSA) is 51.7 Å². The molecule has 1 amide bonds. The number of hydrogen-bond donors (Lipinski definition) is 0. The minimum atomic E-state index is -0.547. The highest BCUT2D eigenvalue weighted by molar-refractivity contribution is 9.10. The lowest BCUT2D eigenvalue weighted by Crippen LogP contribution is -2.39. The van der Waals surface area contributed by atoms with E-state index in [1.807, 2.05) is 20.8 Å². The van der Waals surface area contributed by atoms with Gasteiger partial charge in [0.1, 0.15) is 11.4 Å². The molecule has 0 atom stereocenters. The van der Waals surface area contributed by atoms with Crippen molar-refractivity contribution in [2.45, 2.75) is 26.4 Å². The van der Waals surface area contributed by atoms with Crippen molar-refractivity contribution in [3.8, 4) is 0 Å². The first-order chi connectivity index (χ1) is 8.83. The van der Waals surface area contributed by atoms with E-state index in [4.69, 9.17) is 9.47 Å². The van der Waals surface area contributed by atoms with Gasteiger partial charge in [-0.15, -0.1) is 0 Å². The van der Waals surface area contributed by atoms with Gasteiger partial charge in [-0.3, -0.25) is 4.90 Å². The minimum absolute atomic E-state index is 0.384. The molecule has 1 rings (SSSR count). The average molecular weight is 331 g/mol. The Labute approximate surface area is 122 Å². The summed E-state index contributed by atoms with van der Waals surface area (Å²) in [5.41, 5.74) is -0.547. The molecule has 1 aromatic heterocycles. The Kier molecular flexibility index (Phi) is 5.75. The molecule has 106 valence electrons. The number of carbonyl (C=O) groups excluding carboxylic acids is 1. The maximum absolute atomic E-state index is 12.2. The van der Waals surface area contributed by atoms with Crippen molar-refractivity contribution in [1.29, 1.82) is 0 Å². The Morgan fingerprint density at radius 2 is 2.16 bits per heavy atom. The summed E-state index contributed by atoms with van der Waals surface area (Å²) < 4.78 is 11.2. The maximum Gasteiger partial charge on any atom is 0.416 e. The second-order valence-electron chi connectivity index (χ2n) is 4.96. The summed E-state index contributed by atoms with van der Waals surface area (Å²) in [6.45, 7) is 6.28. The summed E-state index contributed by atoms with van der Waals surface area (Å²) in [7, 11) is 1.58. The van der Waals surface area contributed by atoms with Crippen molar-refractivity contribution in [2.24, 2.45) is 0 Å². The number of amides is 1. The quantitative estimate of drug-likeness (QED) is 0.850. The first-order valence-electron chi connectivity index (χ1n) is 5.94. The van der Waals surface area contributed by atoms with E-state index < -0.39 is 11.7 Å². The van der Waals surface area contributed by atoms with Crippen LogP contribution < -0.4 is 4.90 Å². The van der Waals surface area contributed by atoms with Gasteiger partial charge in [0.15, 0.2) is 0 Å². The summed E-state index contributed by atoms with van der Waals surface area (Å²) in [5, 5.41) is 0. The van der Waals surface area contributed by atoms with Crippen molar-refractivity contribution < 1.29 is 14.3 Å². The Hall–Kier alpha value is -1.14. The van der Waals surface area contributed by atoms with E-state index in [1.54, 1.807) is 25.4 Å². The lowest BCUT2D eigenvalue weighted by Gasteiger charge is -2.26. The zero-order valence-corrected chi connectivity index (χ0v) is 13.2. The summed E-state index contributed by atoms with van der Waals surface area (Å²) >= 11 is 3.36. The van der Waals surface area contributed by atoms with Crippen LogP contribution >= 0.6 is 15.9 Å². The van der Waals surface area contributed by atoms with E-state index in [9.17, 15) is 4.79 Å². The smallest absolute Gasteiger partial charge is 0.416 e. The average Bonchev–Trinajstić information content (AvgIpc) is 2.27. The molecule has 0 aromatic carbocycles. The molecule has 1 heterocycles. The van der Waals surface area contributed by atoms with Crippen LogP contribution in [0.5, 0.6) is 0 Å². The predicted octanol–water partition coefficient (Wildman–Crippen LogP) is 3.23. The molecule has 0 radical (unpaired) electrons. The lowest BCUT2D eigenvalue weighted by atomic mass is 10.2. The standard InChI is InChI=1S/C13H19BrN2O3/c1-13(2,3)19-12(17)16(7-8-18-4)11-9-10(14)5-6-15-11/h5-6,9H,7-8H2,1-4H3. The number of anilines is 1. The first kappa shape index (κ1) is 15.9. The number of pyridine rings is 1. The molecule has 19 heavy (non-hydrogen) atoms. The molecule has 0 aliphatic carbocycles. The molecular weight excluding hydrogens is 312 g/mol. The molecule has 0 unspecified atom stereocenters. The van der Waals surface area contributed by atoms with Gasteiger partial charge in [0, 0.05) is 17.8 Å². The predicted molar refractivity (Wildman–Crippen MR) is 77.4 cm³/mol. The Morgan fingerprint density at radius 1 is 1.47 bits per heavy atom. The molecule has 0 aliphatic rings. The fraction of sp³-hybridized carbons (Fsp3) is 0.538. The molecule has 0 saturated heterocycles. The number of nitrogens with zero attached hydrogens (tertiary/aromatic N) is 2. The highest BCUT2D eigenvalue weighted by atomic mass is 79.9. The summed E-state index contributed by atoms with van der Waals surface area (Å²) in [5.74, 6) is 0.528. The minimum Gasteiger partial charge on any atom is -0.443 e. The van der Waals surface area contributed by atoms with Crippen LogP contribution in [0.1, 0.15) is 20.8 Å². The Bertz CT molecular complexity index is 432. The molecule has 0 fully saturated rings. The molecular formula is C13H19BrN2O3. The Balaban J connectivity index is 2.91. The van der Waals surface area contributed by atoms with Crippen molar-refractivity contribution in [3.63, 3.8) is 0 Å². The molecule has 6 heteroatoms. The highest BCUT2D eigenvalue weighted by Gasteiger charge is 2.24. The third kappa shape index (κ3) is 5.57. The zero-order valence-electron chi connectivity index (χ0n) is 11.6. The van der Waals surface area contributed by atoms with Crippen LogP contribution in [0.2, 0.25) is 0 Å². The van der Waals surface area contributed by atoms with Crippen LogP contribution in [-0.2, 0) is 9.47 Å². The van der Waals surface area contributed by atoms with Gasteiger partial charge in [-0.05, 0) is 32.9 Å². The van der Waals surface area contributed by atoms with E-state index in [-0.39, 0.29) is 0 Å². The number of aromatic nitrogens is 1. The van der Waals surface area contributed by atoms with Crippen molar-refractivity contribution in [1.82, 2.24) is 4.98 Å². The largest absolute Gasteiger partial charge is 0.443 e. The Morgan fingerprint density at radius 3 is 2.68 bits per heavy atom. The monoisotopic (exact) mass is 330 g/mol. The molecule has 0 N–H and O–H groups in total. The van der Waals surface area contributed by atoms with Gasteiger partial charge < -0.3 is 9.47 Å². The van der Waals surface area contributed by atoms with E-state index in [1.165, 1.54) is 4.90 Å². The number of halogens is 1. The fourth-order valence-corrected chi connectivity index (χ4v) is 1.66. The van der Waals surface area contributed by atoms with Crippen LogP contribution in [0.15, 0.2) is 22.8 Å². The second kappa shape index (κ2) is 6.86. The second-order valence-corrected chi connectivity index (χ2v) is 5.87. The van der Waals surface area contributed by atoms with Gasteiger partial charge >= 0.3 is 6.09 Å². The highest BCUT2D eigenvalue weighted by Crippen LogP contribution is 2.19. The van der Waals surface area contributed by atoms with Gasteiger partial charge in [0.05, 0.1) is 13.2 Å². The summed E-state index contributed by atoms with van der Waals surface area (Å²) in [6, 6.07) is 3.56. The molecule has 0 aliphatic heterocycles. The van der Waals surface area contributed by atoms with Gasteiger partial charge in [-0.2, -0.15) is 0 Å². The van der Waals surface area contributed by atoms with Gasteiger partial charge in [0.25, 0.3) is 0 Å². The molecule has 5 nitrogen and oxygen atoms in total. The van der Waals surface area contributed by atoms with Crippen molar-refractivity contribution in [3.05, 3.63) is 22.8 Å². The van der Waals surface area contributed by atoms with E-state index in [0.29, 0.717) is 19.0 Å².